The third-order valence-electron chi connectivity index (χ3n) is 5.75. The first kappa shape index (κ1) is 17.5. The zero-order valence-corrected chi connectivity index (χ0v) is 14.3. The first-order chi connectivity index (χ1) is 12.4. The molecule has 2 saturated heterocycles. The lowest BCUT2D eigenvalue weighted by atomic mass is 9.79. The van der Waals surface area contributed by atoms with E-state index in [4.69, 9.17) is 0 Å². The molecule has 4 rings (SSSR count). The van der Waals surface area contributed by atoms with E-state index in [-0.39, 0.29) is 17.6 Å². The molecule has 3 heterocycles. The minimum Gasteiger partial charge on any atom is -0.385 e. The quantitative estimate of drug-likeness (QED) is 0.893. The highest BCUT2D eigenvalue weighted by Crippen LogP contribution is 2.48. The van der Waals surface area contributed by atoms with Crippen molar-refractivity contribution in [3.05, 3.63) is 65.5 Å². The molecule has 1 aromatic carbocycles. The number of benzene rings is 1. The second kappa shape index (κ2) is 6.35. The van der Waals surface area contributed by atoms with Crippen LogP contribution in [0.2, 0.25) is 0 Å². The normalized spacial score (nSPS) is 29.1. The lowest BCUT2D eigenvalue weighted by Crippen LogP contribution is -2.49. The molecule has 3 nitrogen and oxygen atoms in total. The van der Waals surface area contributed by atoms with Gasteiger partial charge >= 0.3 is 6.18 Å². The van der Waals surface area contributed by atoms with Crippen molar-refractivity contribution in [1.29, 1.82) is 0 Å². The van der Waals surface area contributed by atoms with Gasteiger partial charge in [0.05, 0.1) is 11.2 Å². The molecule has 0 spiro atoms. The van der Waals surface area contributed by atoms with Gasteiger partial charge in [0.25, 0.3) is 0 Å². The molecule has 1 aromatic heterocycles. The fourth-order valence-corrected chi connectivity index (χ4v) is 4.60. The van der Waals surface area contributed by atoms with E-state index in [2.05, 4.69) is 22.0 Å². The maximum Gasteiger partial charge on any atom is 0.416 e. The number of alkyl halides is 3. The molecule has 2 bridgehead atoms. The van der Waals surface area contributed by atoms with Gasteiger partial charge in [-0.05, 0) is 37.3 Å². The number of piperidine rings is 1. The van der Waals surface area contributed by atoms with Crippen molar-refractivity contribution in [1.82, 2.24) is 9.88 Å². The van der Waals surface area contributed by atoms with E-state index < -0.39 is 17.3 Å². The number of aromatic nitrogens is 1. The molecule has 0 aliphatic carbocycles. The summed E-state index contributed by atoms with van der Waals surface area (Å²) in [4.78, 5) is 6.20. The molecule has 26 heavy (non-hydrogen) atoms. The van der Waals surface area contributed by atoms with Crippen molar-refractivity contribution in [3.63, 3.8) is 0 Å². The predicted octanol–water partition coefficient (Wildman–Crippen LogP) is 4.12. The molecule has 1 N–H and O–H groups in total. The summed E-state index contributed by atoms with van der Waals surface area (Å²) in [5.41, 5.74) is -1.14. The molecular formula is C20H21F3N2O. The molecular weight excluding hydrogens is 341 g/mol. The Labute approximate surface area is 150 Å². The van der Waals surface area contributed by atoms with Crippen LogP contribution in [-0.2, 0) is 18.3 Å². The minimum atomic E-state index is -4.49. The number of hydrogen-bond donors (Lipinski definition) is 1. The zero-order chi connectivity index (χ0) is 18.4. The SMILES string of the molecule is OC1(c2cnccc2C(F)(F)F)CC2CCC(C1)N2Cc1ccccc1. The van der Waals surface area contributed by atoms with Gasteiger partial charge in [-0.1, -0.05) is 30.3 Å². The van der Waals surface area contributed by atoms with Crippen LogP contribution in [0.5, 0.6) is 0 Å². The first-order valence-corrected chi connectivity index (χ1v) is 8.90. The van der Waals surface area contributed by atoms with Crippen LogP contribution in [0.15, 0.2) is 48.8 Å². The highest BCUT2D eigenvalue weighted by molar-refractivity contribution is 5.33. The summed E-state index contributed by atoms with van der Waals surface area (Å²) in [6, 6.07) is 11.2. The second-order valence-electron chi connectivity index (χ2n) is 7.40. The van der Waals surface area contributed by atoms with Crippen LogP contribution in [0, 0.1) is 0 Å². The topological polar surface area (TPSA) is 36.4 Å². The number of rotatable bonds is 3. The van der Waals surface area contributed by atoms with Crippen LogP contribution in [0.25, 0.3) is 0 Å². The summed E-state index contributed by atoms with van der Waals surface area (Å²) in [5, 5.41) is 11.2. The van der Waals surface area contributed by atoms with E-state index in [0.717, 1.165) is 31.6 Å². The molecule has 0 saturated carbocycles. The Hall–Kier alpha value is -1.92. The lowest BCUT2D eigenvalue weighted by molar-refractivity contribution is -0.143. The van der Waals surface area contributed by atoms with Crippen molar-refractivity contribution < 1.29 is 18.3 Å². The van der Waals surface area contributed by atoms with Gasteiger partial charge in [-0.15, -0.1) is 0 Å². The number of fused-ring (bicyclic) bond motifs is 2. The number of hydrogen-bond acceptors (Lipinski definition) is 3. The van der Waals surface area contributed by atoms with Crippen LogP contribution in [0.3, 0.4) is 0 Å². The summed E-state index contributed by atoms with van der Waals surface area (Å²) in [6.07, 6.45) is 0.261. The summed E-state index contributed by atoms with van der Waals surface area (Å²) >= 11 is 0. The van der Waals surface area contributed by atoms with E-state index in [1.807, 2.05) is 18.2 Å². The maximum absolute atomic E-state index is 13.4. The van der Waals surface area contributed by atoms with Crippen molar-refractivity contribution in [3.8, 4) is 0 Å². The Morgan fingerprint density at radius 3 is 2.35 bits per heavy atom. The summed E-state index contributed by atoms with van der Waals surface area (Å²) < 4.78 is 40.2. The van der Waals surface area contributed by atoms with Gasteiger partial charge < -0.3 is 5.11 Å². The van der Waals surface area contributed by atoms with E-state index in [9.17, 15) is 18.3 Å². The highest BCUT2D eigenvalue weighted by Gasteiger charge is 2.50. The number of nitrogens with zero attached hydrogens (tertiary/aromatic N) is 2. The molecule has 2 aliphatic rings. The van der Waals surface area contributed by atoms with Gasteiger partial charge in [-0.25, -0.2) is 0 Å². The van der Waals surface area contributed by atoms with Crippen LogP contribution >= 0.6 is 0 Å². The Bertz CT molecular complexity index is 764. The summed E-state index contributed by atoms with van der Waals surface area (Å²) in [7, 11) is 0. The van der Waals surface area contributed by atoms with Gasteiger partial charge in [-0.3, -0.25) is 9.88 Å². The predicted molar refractivity (Wildman–Crippen MR) is 91.2 cm³/mol. The molecule has 2 aromatic rings. The highest BCUT2D eigenvalue weighted by atomic mass is 19.4. The zero-order valence-electron chi connectivity index (χ0n) is 14.3. The number of pyridine rings is 1. The van der Waals surface area contributed by atoms with Crippen molar-refractivity contribution >= 4 is 0 Å². The Morgan fingerprint density at radius 1 is 1.08 bits per heavy atom. The Morgan fingerprint density at radius 2 is 1.73 bits per heavy atom. The molecule has 6 heteroatoms. The van der Waals surface area contributed by atoms with Crippen LogP contribution in [0.4, 0.5) is 13.2 Å². The van der Waals surface area contributed by atoms with Crippen molar-refractivity contribution in [2.75, 3.05) is 0 Å². The standard InChI is InChI=1S/C20H21F3N2O/c21-20(22,23)17-8-9-24-12-18(17)19(26)10-15-6-7-16(11-19)25(15)13-14-4-2-1-3-5-14/h1-5,8-9,12,15-16,26H,6-7,10-11,13H2. The van der Waals surface area contributed by atoms with Crippen molar-refractivity contribution in [2.45, 2.75) is 56.1 Å². The minimum absolute atomic E-state index is 0.0799. The molecule has 2 unspecified atom stereocenters. The molecule has 2 fully saturated rings. The lowest BCUT2D eigenvalue weighted by Gasteiger charge is -2.44. The molecule has 0 amide bonds. The fraction of sp³-hybridized carbons (Fsp3) is 0.450. The van der Waals surface area contributed by atoms with E-state index in [1.54, 1.807) is 0 Å². The summed E-state index contributed by atoms with van der Waals surface area (Å²) in [5.74, 6) is 0. The number of halogens is 3. The van der Waals surface area contributed by atoms with E-state index in [1.165, 1.54) is 11.8 Å². The van der Waals surface area contributed by atoms with Gasteiger partial charge in [0, 0.05) is 36.6 Å². The Kier molecular flexibility index (Phi) is 4.28. The van der Waals surface area contributed by atoms with Crippen molar-refractivity contribution in [2.24, 2.45) is 0 Å². The molecule has 138 valence electrons. The average Bonchev–Trinajstić information content (AvgIpc) is 2.86. The smallest absolute Gasteiger partial charge is 0.385 e. The third kappa shape index (κ3) is 3.12. The van der Waals surface area contributed by atoms with E-state index >= 15 is 0 Å². The molecule has 2 atom stereocenters. The van der Waals surface area contributed by atoms with Gasteiger partial charge in [0.15, 0.2) is 0 Å². The van der Waals surface area contributed by atoms with E-state index in [0.29, 0.717) is 12.8 Å². The van der Waals surface area contributed by atoms with Gasteiger partial charge in [-0.2, -0.15) is 13.2 Å². The van der Waals surface area contributed by atoms with Crippen LogP contribution in [0.1, 0.15) is 42.4 Å². The van der Waals surface area contributed by atoms with Crippen LogP contribution in [-0.4, -0.2) is 27.1 Å². The summed E-state index contributed by atoms with van der Waals surface area (Å²) in [6.45, 7) is 0.769. The molecule has 2 aliphatic heterocycles. The largest absolute Gasteiger partial charge is 0.416 e. The average molecular weight is 362 g/mol. The fourth-order valence-electron chi connectivity index (χ4n) is 4.60. The van der Waals surface area contributed by atoms with Gasteiger partial charge in [0.2, 0.25) is 0 Å². The Balaban J connectivity index is 1.61. The third-order valence-corrected chi connectivity index (χ3v) is 5.75. The van der Waals surface area contributed by atoms with Gasteiger partial charge in [0.1, 0.15) is 0 Å². The molecule has 0 radical (unpaired) electrons. The monoisotopic (exact) mass is 362 g/mol. The maximum atomic E-state index is 13.4. The van der Waals surface area contributed by atoms with Crippen LogP contribution < -0.4 is 0 Å². The number of aliphatic hydroxyl groups is 1. The second-order valence-corrected chi connectivity index (χ2v) is 7.40. The first-order valence-electron chi connectivity index (χ1n) is 8.90.